The van der Waals surface area contributed by atoms with Crippen LogP contribution in [-0.2, 0) is 0 Å². The minimum absolute atomic E-state index is 0.196. The zero-order valence-electron chi connectivity index (χ0n) is 11.6. The summed E-state index contributed by atoms with van der Waals surface area (Å²) in [6.07, 6.45) is 6.20. The first kappa shape index (κ1) is 13.8. The molecule has 19 heavy (non-hydrogen) atoms. The highest BCUT2D eigenvalue weighted by atomic mass is 16.5. The lowest BCUT2D eigenvalue weighted by molar-refractivity contribution is 0.0689. The molecule has 104 valence electrons. The number of carboxylic acids is 1. The third-order valence-electron chi connectivity index (χ3n) is 3.71. The van der Waals surface area contributed by atoms with Gasteiger partial charge in [-0.2, -0.15) is 0 Å². The van der Waals surface area contributed by atoms with Gasteiger partial charge in [-0.15, -0.1) is 0 Å². The summed E-state index contributed by atoms with van der Waals surface area (Å²) in [4.78, 5) is 15.5. The topological polar surface area (TPSA) is 59.4 Å². The predicted molar refractivity (Wildman–Crippen MR) is 72.7 cm³/mol. The normalized spacial score (nSPS) is 16.3. The van der Waals surface area contributed by atoms with Crippen LogP contribution >= 0.6 is 0 Å². The second-order valence-electron chi connectivity index (χ2n) is 5.34. The number of aryl methyl sites for hydroxylation is 2. The zero-order chi connectivity index (χ0) is 13.8. The minimum atomic E-state index is -0.969. The molecule has 1 aromatic rings. The number of pyridine rings is 1. The summed E-state index contributed by atoms with van der Waals surface area (Å²) < 4.78 is 5.78. The smallest absolute Gasteiger partial charge is 0.341 e. The monoisotopic (exact) mass is 263 g/mol. The van der Waals surface area contributed by atoms with E-state index in [0.29, 0.717) is 24.0 Å². The third-order valence-corrected chi connectivity index (χ3v) is 3.71. The highest BCUT2D eigenvalue weighted by Crippen LogP contribution is 2.27. The molecule has 1 saturated carbocycles. The maximum Gasteiger partial charge on any atom is 0.341 e. The molecule has 0 atom stereocenters. The molecule has 1 fully saturated rings. The Hall–Kier alpha value is -1.58. The second-order valence-corrected chi connectivity index (χ2v) is 5.34. The van der Waals surface area contributed by atoms with Crippen LogP contribution in [0.5, 0.6) is 5.75 Å². The van der Waals surface area contributed by atoms with Gasteiger partial charge in [-0.05, 0) is 32.6 Å². The highest BCUT2D eigenvalue weighted by Gasteiger charge is 2.19. The largest absolute Gasteiger partial charge is 0.492 e. The van der Waals surface area contributed by atoms with Crippen molar-refractivity contribution in [2.45, 2.75) is 46.0 Å². The summed E-state index contributed by atoms with van der Waals surface area (Å²) in [5.74, 6) is 0.0518. The molecule has 1 aromatic heterocycles. The third kappa shape index (κ3) is 3.46. The lowest BCUT2D eigenvalue weighted by Crippen LogP contribution is -2.17. The molecule has 0 unspecified atom stereocenters. The van der Waals surface area contributed by atoms with E-state index < -0.39 is 5.97 Å². The van der Waals surface area contributed by atoms with Crippen molar-refractivity contribution >= 4 is 5.97 Å². The van der Waals surface area contributed by atoms with E-state index in [2.05, 4.69) is 4.98 Å². The average molecular weight is 263 g/mol. The quantitative estimate of drug-likeness (QED) is 0.905. The maximum absolute atomic E-state index is 11.3. The number of hydrogen-bond donors (Lipinski definition) is 1. The highest BCUT2D eigenvalue weighted by molar-refractivity contribution is 5.92. The van der Waals surface area contributed by atoms with Crippen LogP contribution in [0.2, 0.25) is 0 Å². The van der Waals surface area contributed by atoms with Gasteiger partial charge >= 0.3 is 5.97 Å². The molecule has 1 N–H and O–H groups in total. The van der Waals surface area contributed by atoms with Crippen LogP contribution < -0.4 is 4.74 Å². The summed E-state index contributed by atoms with van der Waals surface area (Å²) in [6.45, 7) is 4.18. The lowest BCUT2D eigenvalue weighted by Gasteiger charge is -2.22. The van der Waals surface area contributed by atoms with Crippen molar-refractivity contribution in [1.29, 1.82) is 0 Å². The van der Waals surface area contributed by atoms with Gasteiger partial charge in [0, 0.05) is 11.8 Å². The molecular weight excluding hydrogens is 242 g/mol. The maximum atomic E-state index is 11.3. The molecule has 0 spiro atoms. The summed E-state index contributed by atoms with van der Waals surface area (Å²) in [6, 6.07) is 1.72. The van der Waals surface area contributed by atoms with Crippen LogP contribution in [-0.4, -0.2) is 22.7 Å². The molecule has 4 nitrogen and oxygen atoms in total. The van der Waals surface area contributed by atoms with Gasteiger partial charge < -0.3 is 9.84 Å². The lowest BCUT2D eigenvalue weighted by atomic mass is 9.90. The second kappa shape index (κ2) is 6.04. The molecule has 0 amide bonds. The molecule has 2 rings (SSSR count). The Balaban J connectivity index is 2.12. The van der Waals surface area contributed by atoms with E-state index >= 15 is 0 Å². The van der Waals surface area contributed by atoms with E-state index in [1.54, 1.807) is 13.0 Å². The Labute approximate surface area is 113 Å². The molecule has 0 bridgehead atoms. The van der Waals surface area contributed by atoms with Crippen molar-refractivity contribution in [3.8, 4) is 5.75 Å². The Morgan fingerprint density at radius 3 is 2.68 bits per heavy atom. The van der Waals surface area contributed by atoms with Gasteiger partial charge in [-0.3, -0.25) is 4.98 Å². The molecule has 0 aromatic carbocycles. The SMILES string of the molecule is Cc1cc(OCC2CCCCC2)c(C(=O)O)c(C)n1. The zero-order valence-corrected chi connectivity index (χ0v) is 11.6. The average Bonchev–Trinajstić information content (AvgIpc) is 2.36. The van der Waals surface area contributed by atoms with Crippen molar-refractivity contribution in [3.05, 3.63) is 23.0 Å². The van der Waals surface area contributed by atoms with E-state index in [1.165, 1.54) is 32.1 Å². The number of rotatable bonds is 4. The predicted octanol–water partition coefficient (Wildman–Crippen LogP) is 3.36. The molecule has 1 heterocycles. The molecule has 0 aliphatic heterocycles. The van der Waals surface area contributed by atoms with Crippen LogP contribution in [0.25, 0.3) is 0 Å². The van der Waals surface area contributed by atoms with E-state index in [0.717, 1.165) is 5.69 Å². The summed E-state index contributed by atoms with van der Waals surface area (Å²) in [7, 11) is 0. The van der Waals surface area contributed by atoms with Crippen molar-refractivity contribution in [2.75, 3.05) is 6.61 Å². The fourth-order valence-corrected chi connectivity index (χ4v) is 2.73. The molecule has 1 aliphatic rings. The van der Waals surface area contributed by atoms with Gasteiger partial charge in [-0.25, -0.2) is 4.79 Å². The summed E-state index contributed by atoms with van der Waals surface area (Å²) >= 11 is 0. The fourth-order valence-electron chi connectivity index (χ4n) is 2.73. The molecular formula is C15H21NO3. The van der Waals surface area contributed by atoms with E-state index in [9.17, 15) is 9.90 Å². The molecule has 1 aliphatic carbocycles. The Bertz CT molecular complexity index is 465. The summed E-state index contributed by atoms with van der Waals surface area (Å²) in [5, 5.41) is 9.25. The molecule has 0 saturated heterocycles. The van der Waals surface area contributed by atoms with E-state index in [1.807, 2.05) is 6.92 Å². The van der Waals surface area contributed by atoms with E-state index in [-0.39, 0.29) is 5.56 Å². The number of nitrogens with zero attached hydrogens (tertiary/aromatic N) is 1. The summed E-state index contributed by atoms with van der Waals surface area (Å²) in [5.41, 5.74) is 1.51. The van der Waals surface area contributed by atoms with Crippen molar-refractivity contribution in [2.24, 2.45) is 5.92 Å². The van der Waals surface area contributed by atoms with E-state index in [4.69, 9.17) is 4.74 Å². The van der Waals surface area contributed by atoms with Gasteiger partial charge in [-0.1, -0.05) is 19.3 Å². The first-order valence-corrected chi connectivity index (χ1v) is 6.92. The van der Waals surface area contributed by atoms with Gasteiger partial charge in [0.1, 0.15) is 11.3 Å². The van der Waals surface area contributed by atoms with Crippen molar-refractivity contribution in [1.82, 2.24) is 4.98 Å². The first-order valence-electron chi connectivity index (χ1n) is 6.92. The molecule has 0 radical (unpaired) electrons. The van der Waals surface area contributed by atoms with Crippen molar-refractivity contribution in [3.63, 3.8) is 0 Å². The standard InChI is InChI=1S/C15H21NO3/c1-10-8-13(14(15(17)18)11(2)16-10)19-9-12-6-4-3-5-7-12/h8,12H,3-7,9H2,1-2H3,(H,17,18). The number of ether oxygens (including phenoxy) is 1. The van der Waals surface area contributed by atoms with Gasteiger partial charge in [0.15, 0.2) is 0 Å². The van der Waals surface area contributed by atoms with Gasteiger partial charge in [0.05, 0.1) is 12.3 Å². The van der Waals surface area contributed by atoms with Crippen LogP contribution in [0.15, 0.2) is 6.07 Å². The fraction of sp³-hybridized carbons (Fsp3) is 0.600. The minimum Gasteiger partial charge on any atom is -0.492 e. The first-order chi connectivity index (χ1) is 9.08. The van der Waals surface area contributed by atoms with Crippen LogP contribution in [0.3, 0.4) is 0 Å². The van der Waals surface area contributed by atoms with Crippen molar-refractivity contribution < 1.29 is 14.6 Å². The molecule has 4 heteroatoms. The number of carbonyl (C=O) groups is 1. The number of aromatic carboxylic acids is 1. The van der Waals surface area contributed by atoms with Crippen LogP contribution in [0, 0.1) is 19.8 Å². The van der Waals surface area contributed by atoms with Gasteiger partial charge in [0.25, 0.3) is 0 Å². The van der Waals surface area contributed by atoms with Gasteiger partial charge in [0.2, 0.25) is 0 Å². The number of hydrogen-bond acceptors (Lipinski definition) is 3. The number of aromatic nitrogens is 1. The van der Waals surface area contributed by atoms with Crippen LogP contribution in [0.4, 0.5) is 0 Å². The Kier molecular flexibility index (Phi) is 4.40. The Morgan fingerprint density at radius 1 is 1.37 bits per heavy atom. The van der Waals surface area contributed by atoms with Crippen LogP contribution in [0.1, 0.15) is 53.8 Å². The number of carboxylic acid groups (broad SMARTS) is 1. The Morgan fingerprint density at radius 2 is 2.05 bits per heavy atom.